The molecule has 3 N–H and O–H groups in total. The maximum Gasteiger partial charge on any atom is 0.293 e. The molecule has 0 atom stereocenters. The summed E-state index contributed by atoms with van der Waals surface area (Å²) in [5.41, 5.74) is 5.34. The van der Waals surface area contributed by atoms with Crippen molar-refractivity contribution >= 4 is 21.4 Å². The van der Waals surface area contributed by atoms with Crippen LogP contribution in [0.4, 0.5) is 11.4 Å². The summed E-state index contributed by atoms with van der Waals surface area (Å²) in [6, 6.07) is 4.84. The van der Waals surface area contributed by atoms with E-state index in [1.54, 1.807) is 6.07 Å². The maximum atomic E-state index is 12.1. The van der Waals surface area contributed by atoms with Gasteiger partial charge in [-0.15, -0.1) is 0 Å². The van der Waals surface area contributed by atoms with Crippen molar-refractivity contribution < 1.29 is 13.3 Å². The van der Waals surface area contributed by atoms with Gasteiger partial charge in [0.25, 0.3) is 5.69 Å². The van der Waals surface area contributed by atoms with E-state index in [1.807, 2.05) is 0 Å². The molecule has 2 aromatic rings. The smallest absolute Gasteiger partial charge is 0.293 e. The van der Waals surface area contributed by atoms with Crippen molar-refractivity contribution in [3.8, 4) is 0 Å². The zero-order valence-corrected chi connectivity index (χ0v) is 11.4. The fourth-order valence-electron chi connectivity index (χ4n) is 1.52. The van der Waals surface area contributed by atoms with Crippen LogP contribution in [0.1, 0.15) is 5.69 Å². The van der Waals surface area contributed by atoms with Crippen LogP contribution in [-0.4, -0.2) is 23.3 Å². The largest absolute Gasteiger partial charge is 0.393 e. The first-order chi connectivity index (χ1) is 9.90. The number of nitrogens with one attached hydrogen (secondary N) is 1. The number of nitro benzene ring substituents is 1. The molecule has 0 bridgehead atoms. The van der Waals surface area contributed by atoms with Crippen molar-refractivity contribution in [2.45, 2.75) is 11.4 Å². The van der Waals surface area contributed by atoms with Crippen LogP contribution < -0.4 is 10.5 Å². The van der Waals surface area contributed by atoms with Gasteiger partial charge in [0.05, 0.1) is 22.1 Å². The van der Waals surface area contributed by atoms with Crippen LogP contribution in [0.2, 0.25) is 0 Å². The minimum atomic E-state index is -3.90. The predicted octanol–water partition coefficient (Wildman–Crippen LogP) is 0.445. The third-order valence-electron chi connectivity index (χ3n) is 2.60. The molecule has 9 nitrogen and oxygen atoms in total. The van der Waals surface area contributed by atoms with E-state index < -0.39 is 20.6 Å². The Morgan fingerprint density at radius 3 is 2.71 bits per heavy atom. The lowest BCUT2D eigenvalue weighted by Gasteiger charge is -2.07. The molecule has 21 heavy (non-hydrogen) atoms. The van der Waals surface area contributed by atoms with Gasteiger partial charge in [-0.1, -0.05) is 0 Å². The van der Waals surface area contributed by atoms with Crippen LogP contribution in [0.15, 0.2) is 41.7 Å². The van der Waals surface area contributed by atoms with E-state index in [0.717, 1.165) is 6.07 Å². The normalized spacial score (nSPS) is 11.2. The number of nitrogen functional groups attached to an aromatic ring is 1. The molecule has 0 amide bonds. The summed E-state index contributed by atoms with van der Waals surface area (Å²) in [6.07, 6.45) is 2.77. The lowest BCUT2D eigenvalue weighted by Crippen LogP contribution is -2.23. The van der Waals surface area contributed by atoms with Gasteiger partial charge < -0.3 is 5.73 Å². The van der Waals surface area contributed by atoms with Gasteiger partial charge in [0.15, 0.2) is 0 Å². The second kappa shape index (κ2) is 5.81. The molecular formula is C11H11N5O4S. The van der Waals surface area contributed by atoms with E-state index in [1.165, 1.54) is 24.7 Å². The molecule has 0 aliphatic carbocycles. The highest BCUT2D eigenvalue weighted by atomic mass is 32.2. The fraction of sp³-hybridized carbons (Fsp3) is 0.0909. The number of anilines is 1. The molecule has 0 unspecified atom stereocenters. The molecular weight excluding hydrogens is 298 g/mol. The SMILES string of the molecule is Nc1ccc(S(=O)(=O)NCc2ccncn2)cc1[N+](=O)[O-]. The molecule has 0 fully saturated rings. The van der Waals surface area contributed by atoms with E-state index in [2.05, 4.69) is 14.7 Å². The summed E-state index contributed by atoms with van der Waals surface area (Å²) in [7, 11) is -3.90. The van der Waals surface area contributed by atoms with Crippen molar-refractivity contribution in [2.24, 2.45) is 0 Å². The Bertz CT molecular complexity index is 763. The fourth-order valence-corrected chi connectivity index (χ4v) is 2.54. The molecule has 0 radical (unpaired) electrons. The van der Waals surface area contributed by atoms with Crippen molar-refractivity contribution in [3.63, 3.8) is 0 Å². The Morgan fingerprint density at radius 2 is 2.10 bits per heavy atom. The van der Waals surface area contributed by atoms with Gasteiger partial charge in [0, 0.05) is 12.3 Å². The average Bonchev–Trinajstić information content (AvgIpc) is 2.46. The van der Waals surface area contributed by atoms with Crippen LogP contribution in [0.25, 0.3) is 0 Å². The minimum absolute atomic E-state index is 0.0526. The number of benzene rings is 1. The number of nitrogens with zero attached hydrogens (tertiary/aromatic N) is 3. The molecule has 1 aromatic heterocycles. The van der Waals surface area contributed by atoms with Crippen LogP contribution in [0.3, 0.4) is 0 Å². The number of hydrogen-bond donors (Lipinski definition) is 2. The summed E-state index contributed by atoms with van der Waals surface area (Å²) in [4.78, 5) is 17.4. The van der Waals surface area contributed by atoms with Gasteiger partial charge in [-0.3, -0.25) is 10.1 Å². The zero-order valence-electron chi connectivity index (χ0n) is 10.6. The Kier molecular flexibility index (Phi) is 4.10. The standard InChI is InChI=1S/C11H11N5O4S/c12-10-2-1-9(5-11(10)16(17)18)21(19,20)15-6-8-3-4-13-7-14-8/h1-5,7,15H,6,12H2. The van der Waals surface area contributed by atoms with E-state index in [-0.39, 0.29) is 17.1 Å². The van der Waals surface area contributed by atoms with Gasteiger partial charge in [-0.05, 0) is 18.2 Å². The number of aromatic nitrogens is 2. The van der Waals surface area contributed by atoms with Gasteiger partial charge in [0.2, 0.25) is 10.0 Å². The summed E-state index contributed by atoms with van der Waals surface area (Å²) < 4.78 is 26.4. The van der Waals surface area contributed by atoms with Crippen LogP contribution in [-0.2, 0) is 16.6 Å². The number of nitro groups is 1. The Balaban J connectivity index is 2.24. The molecule has 2 rings (SSSR count). The summed E-state index contributed by atoms with van der Waals surface area (Å²) in [5.74, 6) is 0. The highest BCUT2D eigenvalue weighted by Crippen LogP contribution is 2.24. The lowest BCUT2D eigenvalue weighted by molar-refractivity contribution is -0.384. The number of hydrogen-bond acceptors (Lipinski definition) is 7. The molecule has 0 aliphatic rings. The summed E-state index contributed by atoms with van der Waals surface area (Å²) in [6.45, 7) is -0.0526. The highest BCUT2D eigenvalue weighted by molar-refractivity contribution is 7.89. The monoisotopic (exact) mass is 309 g/mol. The van der Waals surface area contributed by atoms with Crippen LogP contribution in [0, 0.1) is 10.1 Å². The molecule has 0 saturated heterocycles. The predicted molar refractivity (Wildman–Crippen MR) is 73.6 cm³/mol. The molecule has 10 heteroatoms. The summed E-state index contributed by atoms with van der Waals surface area (Å²) >= 11 is 0. The molecule has 0 saturated carbocycles. The first-order valence-electron chi connectivity index (χ1n) is 5.68. The molecule has 1 aromatic carbocycles. The average molecular weight is 309 g/mol. The van der Waals surface area contributed by atoms with Gasteiger partial charge in [0.1, 0.15) is 12.0 Å². The van der Waals surface area contributed by atoms with Gasteiger partial charge in [-0.25, -0.2) is 23.1 Å². The Labute approximate surface area is 120 Å². The second-order valence-electron chi connectivity index (χ2n) is 4.00. The van der Waals surface area contributed by atoms with E-state index >= 15 is 0 Å². The molecule has 0 spiro atoms. The molecule has 1 heterocycles. The van der Waals surface area contributed by atoms with Crippen molar-refractivity contribution in [3.05, 3.63) is 52.6 Å². The van der Waals surface area contributed by atoms with Gasteiger partial charge in [-0.2, -0.15) is 0 Å². The summed E-state index contributed by atoms with van der Waals surface area (Å²) in [5, 5.41) is 10.8. The number of sulfonamides is 1. The van der Waals surface area contributed by atoms with Crippen LogP contribution in [0.5, 0.6) is 0 Å². The van der Waals surface area contributed by atoms with E-state index in [4.69, 9.17) is 5.73 Å². The van der Waals surface area contributed by atoms with Crippen molar-refractivity contribution in [1.82, 2.24) is 14.7 Å². The van der Waals surface area contributed by atoms with Crippen molar-refractivity contribution in [2.75, 3.05) is 5.73 Å². The van der Waals surface area contributed by atoms with E-state index in [9.17, 15) is 18.5 Å². The zero-order chi connectivity index (χ0) is 15.5. The highest BCUT2D eigenvalue weighted by Gasteiger charge is 2.20. The second-order valence-corrected chi connectivity index (χ2v) is 5.77. The first kappa shape index (κ1) is 14.8. The molecule has 0 aliphatic heterocycles. The van der Waals surface area contributed by atoms with Gasteiger partial charge >= 0.3 is 0 Å². The number of nitrogens with two attached hydrogens (primary N) is 1. The number of rotatable bonds is 5. The van der Waals surface area contributed by atoms with E-state index in [0.29, 0.717) is 5.69 Å². The third kappa shape index (κ3) is 3.49. The Hall–Kier alpha value is -2.59. The van der Waals surface area contributed by atoms with Crippen LogP contribution >= 0.6 is 0 Å². The first-order valence-corrected chi connectivity index (χ1v) is 7.17. The Morgan fingerprint density at radius 1 is 1.33 bits per heavy atom. The quantitative estimate of drug-likeness (QED) is 0.464. The third-order valence-corrected chi connectivity index (χ3v) is 3.99. The van der Waals surface area contributed by atoms with Crippen molar-refractivity contribution in [1.29, 1.82) is 0 Å². The lowest BCUT2D eigenvalue weighted by atomic mass is 10.3. The minimum Gasteiger partial charge on any atom is -0.393 e. The maximum absolute atomic E-state index is 12.1. The molecule has 110 valence electrons. The topological polar surface area (TPSA) is 141 Å².